The molecule has 0 bridgehead atoms. The van der Waals surface area contributed by atoms with Crippen LogP contribution in [0.25, 0.3) is 10.4 Å². The third-order valence-corrected chi connectivity index (χ3v) is 5.20. The van der Waals surface area contributed by atoms with Gasteiger partial charge in [0.15, 0.2) is 24.2 Å². The summed E-state index contributed by atoms with van der Waals surface area (Å²) in [5, 5.41) is 3.52. The van der Waals surface area contributed by atoms with E-state index in [1.807, 2.05) is 4.98 Å². The van der Waals surface area contributed by atoms with Crippen molar-refractivity contribution in [2.45, 2.75) is 24.2 Å². The summed E-state index contributed by atoms with van der Waals surface area (Å²) in [4.78, 5) is 40.4. The highest BCUT2D eigenvalue weighted by atomic mass is 127. The number of benzene rings is 1. The number of nitrogens with one attached hydrogen (secondary N) is 1. The van der Waals surface area contributed by atoms with Crippen LogP contribution in [-0.4, -0.2) is 37.9 Å². The Morgan fingerprint density at radius 1 is 1.39 bits per heavy atom. The minimum atomic E-state index is -2.04. The first-order chi connectivity index (χ1) is 13.4. The normalized spacial score (nSPS) is 26.4. The van der Waals surface area contributed by atoms with E-state index in [2.05, 4.69) is 10.0 Å². The van der Waals surface area contributed by atoms with Gasteiger partial charge in [-0.3, -0.25) is 14.3 Å². The van der Waals surface area contributed by atoms with Gasteiger partial charge >= 0.3 is 11.7 Å². The van der Waals surface area contributed by atoms with Crippen LogP contribution in [0.5, 0.6) is 0 Å². The van der Waals surface area contributed by atoms with E-state index in [0.717, 1.165) is 16.8 Å². The Labute approximate surface area is 170 Å². The molecule has 2 aromatic rings. The maximum atomic E-state index is 15.3. The maximum absolute atomic E-state index is 15.3. The predicted molar refractivity (Wildman–Crippen MR) is 103 cm³/mol. The van der Waals surface area contributed by atoms with Crippen molar-refractivity contribution in [1.29, 1.82) is 0 Å². The average Bonchev–Trinajstić information content (AvgIpc) is 2.95. The lowest BCUT2D eigenvalue weighted by Gasteiger charge is -2.27. The second kappa shape index (κ2) is 8.12. The lowest BCUT2D eigenvalue weighted by molar-refractivity contribution is -0.0872. The van der Waals surface area contributed by atoms with Gasteiger partial charge < -0.3 is 9.47 Å². The highest BCUT2D eigenvalue weighted by molar-refractivity contribution is 14.1. The number of nitrogens with zero attached hydrogens (tertiary/aromatic N) is 4. The Kier molecular flexibility index (Phi) is 5.82. The lowest BCUT2D eigenvalue weighted by atomic mass is 10.1. The van der Waals surface area contributed by atoms with Gasteiger partial charge in [-0.2, -0.15) is 0 Å². The molecule has 1 aromatic carbocycles. The summed E-state index contributed by atoms with van der Waals surface area (Å²) >= 11 is 1.80. The molecule has 0 amide bonds. The molecule has 1 aliphatic rings. The maximum Gasteiger partial charge on any atom is 0.338 e. The molecule has 10 nitrogen and oxygen atoms in total. The van der Waals surface area contributed by atoms with Crippen LogP contribution in [0, 0.1) is 0 Å². The first-order valence-electron chi connectivity index (χ1n) is 7.93. The minimum Gasteiger partial charge on any atom is -0.452 e. The van der Waals surface area contributed by atoms with E-state index in [9.17, 15) is 14.4 Å². The van der Waals surface area contributed by atoms with Crippen LogP contribution in [0.15, 0.2) is 57.3 Å². The molecule has 0 unspecified atom stereocenters. The Bertz CT molecular complexity index is 1040. The van der Waals surface area contributed by atoms with Crippen molar-refractivity contribution in [3.8, 4) is 0 Å². The van der Waals surface area contributed by atoms with E-state index in [-0.39, 0.29) is 9.99 Å². The number of rotatable bonds is 5. The topological polar surface area (TPSA) is 139 Å². The number of hydrogen-bond acceptors (Lipinski definition) is 6. The second-order valence-corrected chi connectivity index (χ2v) is 6.59. The van der Waals surface area contributed by atoms with Crippen LogP contribution in [0.3, 0.4) is 0 Å². The molecule has 1 saturated heterocycles. The zero-order chi connectivity index (χ0) is 20.3. The van der Waals surface area contributed by atoms with Crippen molar-refractivity contribution in [3.63, 3.8) is 0 Å². The standard InChI is InChI=1S/C16H13FIN5O5/c17-11-12(27-14(25)9-4-2-1-3-5-9)16(8-18,21-22-19)28-13(11)23-7-6-10(24)20-15(23)26/h1-7,11-13H,8H2,(H,20,24,26)/t11-,12-,13+,16+/m0/s1. The van der Waals surface area contributed by atoms with E-state index < -0.39 is 41.4 Å². The third kappa shape index (κ3) is 3.66. The van der Waals surface area contributed by atoms with E-state index in [1.54, 1.807) is 40.8 Å². The van der Waals surface area contributed by atoms with Gasteiger partial charge in [-0.05, 0) is 17.7 Å². The molecule has 2 heterocycles. The lowest BCUT2D eigenvalue weighted by Crippen LogP contribution is -2.44. The Morgan fingerprint density at radius 2 is 2.11 bits per heavy atom. The van der Waals surface area contributed by atoms with E-state index in [0.29, 0.717) is 0 Å². The SMILES string of the molecule is [N-]=[N+]=N[C@]1(CI)O[C@@H](n2ccc(=O)[nH]c2=O)[C@@H](F)[C@@H]1OC(=O)c1ccccc1. The summed E-state index contributed by atoms with van der Waals surface area (Å²) in [6, 6.07) is 8.89. The number of carbonyl (C=O) groups excluding carboxylic acids is 1. The van der Waals surface area contributed by atoms with Crippen molar-refractivity contribution in [2.75, 3.05) is 4.43 Å². The van der Waals surface area contributed by atoms with Crippen LogP contribution >= 0.6 is 22.6 Å². The molecule has 28 heavy (non-hydrogen) atoms. The van der Waals surface area contributed by atoms with Gasteiger partial charge in [-0.25, -0.2) is 14.0 Å². The van der Waals surface area contributed by atoms with Crippen molar-refractivity contribution in [1.82, 2.24) is 9.55 Å². The van der Waals surface area contributed by atoms with Gasteiger partial charge in [0.25, 0.3) is 5.56 Å². The molecule has 0 aliphatic carbocycles. The fourth-order valence-corrected chi connectivity index (χ4v) is 3.55. The van der Waals surface area contributed by atoms with Crippen LogP contribution in [0.1, 0.15) is 16.6 Å². The Hall–Kier alpha value is -2.70. The van der Waals surface area contributed by atoms with E-state index in [4.69, 9.17) is 15.0 Å². The second-order valence-electron chi connectivity index (χ2n) is 5.83. The first-order valence-corrected chi connectivity index (χ1v) is 9.46. The number of aromatic amines is 1. The monoisotopic (exact) mass is 501 g/mol. The summed E-state index contributed by atoms with van der Waals surface area (Å²) < 4.78 is 26.9. The van der Waals surface area contributed by atoms with Crippen LogP contribution in [0.2, 0.25) is 0 Å². The molecule has 146 valence electrons. The number of ether oxygens (including phenoxy) is 2. The number of halogens is 2. The van der Waals surface area contributed by atoms with Gasteiger partial charge in [0, 0.05) is 21.6 Å². The number of aromatic nitrogens is 2. The number of esters is 1. The van der Waals surface area contributed by atoms with Crippen molar-refractivity contribution in [2.24, 2.45) is 5.11 Å². The quantitative estimate of drug-likeness (QED) is 0.167. The Morgan fingerprint density at radius 3 is 2.71 bits per heavy atom. The number of alkyl halides is 2. The predicted octanol–water partition coefficient (Wildman–Crippen LogP) is 2.07. The Balaban J connectivity index is 2.00. The summed E-state index contributed by atoms with van der Waals surface area (Å²) in [5.74, 6) is -0.839. The molecule has 1 aromatic heterocycles. The van der Waals surface area contributed by atoms with E-state index >= 15 is 4.39 Å². The molecule has 0 spiro atoms. The van der Waals surface area contributed by atoms with Gasteiger partial charge in [-0.15, -0.1) is 0 Å². The third-order valence-electron chi connectivity index (χ3n) is 4.11. The van der Waals surface area contributed by atoms with Gasteiger partial charge in [0.05, 0.1) is 5.56 Å². The average molecular weight is 501 g/mol. The molecule has 3 rings (SSSR count). The smallest absolute Gasteiger partial charge is 0.338 e. The van der Waals surface area contributed by atoms with Gasteiger partial charge in [0.1, 0.15) is 0 Å². The molecule has 1 aliphatic heterocycles. The van der Waals surface area contributed by atoms with Gasteiger partial charge in [-0.1, -0.05) is 45.9 Å². The molecule has 0 radical (unpaired) electrons. The number of carbonyl (C=O) groups is 1. The van der Waals surface area contributed by atoms with Crippen LogP contribution < -0.4 is 11.2 Å². The summed E-state index contributed by atoms with van der Waals surface area (Å²) in [6.45, 7) is 0. The molecule has 1 N–H and O–H groups in total. The summed E-state index contributed by atoms with van der Waals surface area (Å²) in [7, 11) is 0. The molecular weight excluding hydrogens is 488 g/mol. The fourth-order valence-electron chi connectivity index (χ4n) is 2.78. The van der Waals surface area contributed by atoms with Crippen LogP contribution in [0.4, 0.5) is 4.39 Å². The van der Waals surface area contributed by atoms with Crippen molar-refractivity contribution < 1.29 is 18.7 Å². The van der Waals surface area contributed by atoms with E-state index in [1.165, 1.54) is 12.1 Å². The molecule has 1 fully saturated rings. The van der Waals surface area contributed by atoms with Crippen molar-refractivity contribution >= 4 is 28.6 Å². The van der Waals surface area contributed by atoms with Gasteiger partial charge in [0.2, 0.25) is 0 Å². The highest BCUT2D eigenvalue weighted by Crippen LogP contribution is 2.43. The number of hydrogen-bond donors (Lipinski definition) is 1. The highest BCUT2D eigenvalue weighted by Gasteiger charge is 2.58. The zero-order valence-electron chi connectivity index (χ0n) is 14.1. The fraction of sp³-hybridized carbons (Fsp3) is 0.312. The molecule has 4 atom stereocenters. The summed E-state index contributed by atoms with van der Waals surface area (Å²) in [5.41, 5.74) is 5.63. The molecular formula is C16H13FIN5O5. The zero-order valence-corrected chi connectivity index (χ0v) is 16.2. The molecule has 12 heteroatoms. The largest absolute Gasteiger partial charge is 0.452 e. The first kappa shape index (κ1) is 20.0. The van der Waals surface area contributed by atoms with Crippen molar-refractivity contribution in [3.05, 3.63) is 79.4 Å². The minimum absolute atomic E-state index is 0.0589. The summed E-state index contributed by atoms with van der Waals surface area (Å²) in [6.07, 6.45) is -4.18. The number of H-pyrrole nitrogens is 1. The molecule has 0 saturated carbocycles. The van der Waals surface area contributed by atoms with Crippen LogP contribution in [-0.2, 0) is 9.47 Å². The number of azide groups is 1.